The van der Waals surface area contributed by atoms with E-state index in [4.69, 9.17) is 14.2 Å². The van der Waals surface area contributed by atoms with Gasteiger partial charge in [-0.3, -0.25) is 14.4 Å². The molecular formula is C26H25N3O7S2. The molecule has 1 aromatic heterocycles. The zero-order valence-corrected chi connectivity index (χ0v) is 22.3. The Morgan fingerprint density at radius 2 is 1.58 bits per heavy atom. The van der Waals surface area contributed by atoms with Gasteiger partial charge in [0.1, 0.15) is 11.5 Å². The molecular weight excluding hydrogens is 530 g/mol. The van der Waals surface area contributed by atoms with Crippen LogP contribution in [0.4, 0.5) is 10.8 Å². The van der Waals surface area contributed by atoms with E-state index >= 15 is 0 Å². The first kappa shape index (κ1) is 26.9. The normalized spacial score (nSPS) is 11.1. The van der Waals surface area contributed by atoms with Crippen molar-refractivity contribution in [3.63, 3.8) is 0 Å². The van der Waals surface area contributed by atoms with Crippen LogP contribution in [0.3, 0.4) is 0 Å². The molecule has 0 atom stereocenters. The number of sulfonamides is 1. The smallest absolute Gasteiger partial charge is 0.344 e. The topological polar surface area (TPSA) is 124 Å². The molecule has 10 nitrogen and oxygen atoms in total. The number of aromatic nitrogens is 1. The van der Waals surface area contributed by atoms with Gasteiger partial charge in [0, 0.05) is 7.05 Å². The summed E-state index contributed by atoms with van der Waals surface area (Å²) in [5.74, 6) is -0.332. The first-order valence-corrected chi connectivity index (χ1v) is 13.8. The number of para-hydroxylation sites is 1. The van der Waals surface area contributed by atoms with E-state index in [0.29, 0.717) is 28.9 Å². The first-order valence-electron chi connectivity index (χ1n) is 11.5. The summed E-state index contributed by atoms with van der Waals surface area (Å²) in [4.78, 5) is 28.5. The molecule has 1 N–H and O–H groups in total. The number of esters is 1. The summed E-state index contributed by atoms with van der Waals surface area (Å²) in [6.07, 6.45) is 0. The number of nitrogens with zero attached hydrogens (tertiary/aromatic N) is 2. The van der Waals surface area contributed by atoms with Gasteiger partial charge in [-0.25, -0.2) is 18.2 Å². The highest BCUT2D eigenvalue weighted by Crippen LogP contribution is 2.26. The predicted molar refractivity (Wildman–Crippen MR) is 144 cm³/mol. The third-order valence-corrected chi connectivity index (χ3v) is 8.01. The van der Waals surface area contributed by atoms with Crippen molar-refractivity contribution in [2.24, 2.45) is 0 Å². The number of thiazole rings is 1. The van der Waals surface area contributed by atoms with Crippen molar-refractivity contribution in [1.29, 1.82) is 0 Å². The van der Waals surface area contributed by atoms with Crippen LogP contribution >= 0.6 is 11.3 Å². The minimum atomic E-state index is -3.79. The third kappa shape index (κ3) is 6.58. The van der Waals surface area contributed by atoms with Gasteiger partial charge in [-0.05, 0) is 67.6 Å². The Kier molecular flexibility index (Phi) is 8.44. The second-order valence-electron chi connectivity index (χ2n) is 7.86. The number of amides is 1. The Bertz CT molecular complexity index is 1490. The van der Waals surface area contributed by atoms with E-state index in [0.717, 1.165) is 14.5 Å². The fourth-order valence-electron chi connectivity index (χ4n) is 3.33. The van der Waals surface area contributed by atoms with Gasteiger partial charge in [0.25, 0.3) is 15.9 Å². The van der Waals surface area contributed by atoms with Crippen molar-refractivity contribution in [3.8, 4) is 11.5 Å². The zero-order chi connectivity index (χ0) is 27.1. The Balaban J connectivity index is 1.25. The van der Waals surface area contributed by atoms with E-state index in [9.17, 15) is 18.0 Å². The van der Waals surface area contributed by atoms with E-state index in [1.807, 2.05) is 31.2 Å². The molecule has 0 aliphatic rings. The van der Waals surface area contributed by atoms with Crippen molar-refractivity contribution in [1.82, 2.24) is 4.98 Å². The number of benzene rings is 3. The lowest BCUT2D eigenvalue weighted by molar-refractivity contribution is -0.149. The molecule has 0 spiro atoms. The maximum Gasteiger partial charge on any atom is 0.344 e. The van der Waals surface area contributed by atoms with Crippen LogP contribution in [0.5, 0.6) is 11.5 Å². The predicted octanol–water partition coefficient (Wildman–Crippen LogP) is 4.08. The summed E-state index contributed by atoms with van der Waals surface area (Å²) in [6, 6.07) is 19.8. The minimum Gasteiger partial charge on any atom is -0.494 e. The van der Waals surface area contributed by atoms with Crippen LogP contribution in [-0.2, 0) is 24.3 Å². The molecule has 1 heterocycles. The van der Waals surface area contributed by atoms with Gasteiger partial charge in [-0.15, -0.1) is 0 Å². The van der Waals surface area contributed by atoms with E-state index < -0.39 is 35.1 Å². The number of rotatable bonds is 11. The largest absolute Gasteiger partial charge is 0.494 e. The summed E-state index contributed by atoms with van der Waals surface area (Å²) < 4.78 is 43.7. The maximum absolute atomic E-state index is 12.9. The summed E-state index contributed by atoms with van der Waals surface area (Å²) in [5.41, 5.74) is 1.17. The average Bonchev–Trinajstić information content (AvgIpc) is 3.33. The summed E-state index contributed by atoms with van der Waals surface area (Å²) in [6.45, 7) is 1.43. The molecule has 0 unspecified atom stereocenters. The van der Waals surface area contributed by atoms with Crippen LogP contribution in [0.15, 0.2) is 77.7 Å². The van der Waals surface area contributed by atoms with Crippen LogP contribution in [0, 0.1) is 0 Å². The molecule has 0 saturated heterocycles. The lowest BCUT2D eigenvalue weighted by Gasteiger charge is -2.20. The van der Waals surface area contributed by atoms with Gasteiger partial charge in [-0.1, -0.05) is 23.5 Å². The van der Waals surface area contributed by atoms with Crippen LogP contribution < -0.4 is 19.1 Å². The van der Waals surface area contributed by atoms with Gasteiger partial charge < -0.3 is 14.2 Å². The molecule has 0 fully saturated rings. The SMILES string of the molecule is CCOc1ccc(S(=O)(=O)N(C)c2ccc(OCC(=O)OCC(=O)Nc3nc4ccccc4s3)cc2)cc1. The number of carbonyl (C=O) groups excluding carboxylic acids is 2. The van der Waals surface area contributed by atoms with E-state index in [2.05, 4.69) is 10.3 Å². The lowest BCUT2D eigenvalue weighted by Crippen LogP contribution is -2.26. The molecule has 0 saturated carbocycles. The number of hydrogen-bond acceptors (Lipinski definition) is 9. The highest BCUT2D eigenvalue weighted by Gasteiger charge is 2.21. The molecule has 0 aliphatic carbocycles. The number of hydrogen-bond donors (Lipinski definition) is 1. The summed E-state index contributed by atoms with van der Waals surface area (Å²) >= 11 is 1.32. The van der Waals surface area contributed by atoms with Crippen molar-refractivity contribution in [3.05, 3.63) is 72.8 Å². The monoisotopic (exact) mass is 555 g/mol. The van der Waals surface area contributed by atoms with Crippen molar-refractivity contribution < 1.29 is 32.2 Å². The molecule has 0 bridgehead atoms. The quantitative estimate of drug-likeness (QED) is 0.275. The minimum absolute atomic E-state index is 0.124. The standard InChI is InChI=1S/C26H25N3O7S2/c1-3-34-19-12-14-21(15-13-19)38(32,33)29(2)18-8-10-20(11-9-18)35-17-25(31)36-16-24(30)28-26-27-22-6-4-5-7-23(22)37-26/h4-15H,3,16-17H2,1-2H3,(H,27,28,30). The van der Waals surface area contributed by atoms with Gasteiger partial charge in [0.05, 0.1) is 27.4 Å². The second kappa shape index (κ2) is 11.9. The van der Waals surface area contributed by atoms with Crippen LogP contribution in [-0.4, -0.2) is 52.1 Å². The third-order valence-electron chi connectivity index (χ3n) is 5.25. The highest BCUT2D eigenvalue weighted by molar-refractivity contribution is 7.92. The number of fused-ring (bicyclic) bond motifs is 1. The highest BCUT2D eigenvalue weighted by atomic mass is 32.2. The number of nitrogens with one attached hydrogen (secondary N) is 1. The van der Waals surface area contributed by atoms with E-state index in [-0.39, 0.29) is 4.90 Å². The lowest BCUT2D eigenvalue weighted by atomic mass is 10.3. The molecule has 38 heavy (non-hydrogen) atoms. The molecule has 0 radical (unpaired) electrons. The molecule has 3 aromatic carbocycles. The molecule has 0 aliphatic heterocycles. The molecule has 1 amide bonds. The molecule has 198 valence electrons. The Morgan fingerprint density at radius 1 is 0.921 bits per heavy atom. The Labute approximate surface area is 223 Å². The van der Waals surface area contributed by atoms with Gasteiger partial charge in [-0.2, -0.15) is 0 Å². The fourth-order valence-corrected chi connectivity index (χ4v) is 5.41. The van der Waals surface area contributed by atoms with Gasteiger partial charge in [0.15, 0.2) is 18.3 Å². The fraction of sp³-hybridized carbons (Fsp3) is 0.192. The second-order valence-corrected chi connectivity index (χ2v) is 10.9. The number of carbonyl (C=O) groups is 2. The van der Waals surface area contributed by atoms with E-state index in [1.165, 1.54) is 42.6 Å². The zero-order valence-electron chi connectivity index (χ0n) is 20.6. The molecule has 4 aromatic rings. The van der Waals surface area contributed by atoms with Crippen molar-refractivity contribution in [2.75, 3.05) is 36.5 Å². The van der Waals surface area contributed by atoms with Gasteiger partial charge >= 0.3 is 5.97 Å². The van der Waals surface area contributed by atoms with Crippen molar-refractivity contribution >= 4 is 54.3 Å². The molecule has 4 rings (SSSR count). The number of ether oxygens (including phenoxy) is 3. The first-order chi connectivity index (χ1) is 18.3. The molecule has 12 heteroatoms. The van der Waals surface area contributed by atoms with Crippen LogP contribution in [0.2, 0.25) is 0 Å². The summed E-state index contributed by atoms with van der Waals surface area (Å²) in [7, 11) is -2.34. The maximum atomic E-state index is 12.9. The average molecular weight is 556 g/mol. The Morgan fingerprint density at radius 3 is 2.26 bits per heavy atom. The van der Waals surface area contributed by atoms with Crippen molar-refractivity contribution in [2.45, 2.75) is 11.8 Å². The number of anilines is 2. The van der Waals surface area contributed by atoms with Gasteiger partial charge in [0.2, 0.25) is 0 Å². The van der Waals surface area contributed by atoms with Crippen LogP contribution in [0.25, 0.3) is 10.2 Å². The Hall–Kier alpha value is -4.16. The van der Waals surface area contributed by atoms with Crippen LogP contribution in [0.1, 0.15) is 6.92 Å². The summed E-state index contributed by atoms with van der Waals surface area (Å²) in [5, 5.41) is 3.01. The van der Waals surface area contributed by atoms with E-state index in [1.54, 1.807) is 24.3 Å².